The average Bonchev–Trinajstić information content (AvgIpc) is 3.35. The smallest absolute Gasteiger partial charge is 0.308 e. The Kier molecular flexibility index (Phi) is 6.20. The van der Waals surface area contributed by atoms with Gasteiger partial charge in [0.25, 0.3) is 5.91 Å². The molecule has 1 amide bonds. The van der Waals surface area contributed by atoms with E-state index in [0.717, 1.165) is 38.7 Å². The van der Waals surface area contributed by atoms with E-state index < -0.39 is 18.0 Å². The molecule has 0 spiro atoms. The van der Waals surface area contributed by atoms with E-state index in [1.165, 1.54) is 0 Å². The Hall–Kier alpha value is -1.14. The van der Waals surface area contributed by atoms with E-state index in [1.807, 2.05) is 0 Å². The topological polar surface area (TPSA) is 76.1 Å². The highest BCUT2D eigenvalue weighted by Gasteiger charge is 2.36. The lowest BCUT2D eigenvalue weighted by Crippen LogP contribution is -2.44. The maximum Gasteiger partial charge on any atom is 0.308 e. The van der Waals surface area contributed by atoms with Crippen LogP contribution in [-0.4, -0.2) is 59.9 Å². The van der Waals surface area contributed by atoms with Gasteiger partial charge in [0.05, 0.1) is 18.6 Å². The molecular formula is C16H27NO5. The standard InChI is InChI=1S/C16H27NO5/c1-11(16(19)20)9-17(13-6-7-13)15(18)12(2)22-10-14-5-3-4-8-21-14/h11-14H,3-10H2,1-2H3,(H,19,20). The number of carbonyl (C=O) groups excluding carboxylic acids is 1. The van der Waals surface area contributed by atoms with Gasteiger partial charge in [-0.1, -0.05) is 6.92 Å². The molecule has 126 valence electrons. The first-order valence-corrected chi connectivity index (χ1v) is 8.25. The summed E-state index contributed by atoms with van der Waals surface area (Å²) < 4.78 is 11.3. The highest BCUT2D eigenvalue weighted by atomic mass is 16.5. The van der Waals surface area contributed by atoms with E-state index in [0.29, 0.717) is 6.61 Å². The van der Waals surface area contributed by atoms with Crippen molar-refractivity contribution in [1.29, 1.82) is 0 Å². The van der Waals surface area contributed by atoms with Crippen LogP contribution in [0.5, 0.6) is 0 Å². The number of ether oxygens (including phenoxy) is 2. The SMILES string of the molecule is CC(CN(C(=O)C(C)OCC1CCCCO1)C1CC1)C(=O)O. The minimum Gasteiger partial charge on any atom is -0.481 e. The number of aliphatic carboxylic acids is 1. The fourth-order valence-electron chi connectivity index (χ4n) is 2.67. The Morgan fingerprint density at radius 2 is 2.00 bits per heavy atom. The Morgan fingerprint density at radius 3 is 2.55 bits per heavy atom. The molecule has 3 unspecified atom stereocenters. The van der Waals surface area contributed by atoms with Crippen molar-refractivity contribution in [2.45, 2.75) is 64.2 Å². The van der Waals surface area contributed by atoms with Gasteiger partial charge in [-0.3, -0.25) is 9.59 Å². The van der Waals surface area contributed by atoms with Gasteiger partial charge in [0.1, 0.15) is 6.10 Å². The third kappa shape index (κ3) is 4.95. The lowest BCUT2D eigenvalue weighted by Gasteiger charge is -2.29. The number of carboxylic acid groups (broad SMARTS) is 1. The number of carboxylic acids is 1. The number of amides is 1. The van der Waals surface area contributed by atoms with E-state index in [4.69, 9.17) is 14.6 Å². The summed E-state index contributed by atoms with van der Waals surface area (Å²) in [6, 6.07) is 0.186. The maximum absolute atomic E-state index is 12.5. The Labute approximate surface area is 131 Å². The Balaban J connectivity index is 1.81. The van der Waals surface area contributed by atoms with Gasteiger partial charge in [0.15, 0.2) is 0 Å². The van der Waals surface area contributed by atoms with Crippen molar-refractivity contribution in [3.8, 4) is 0 Å². The van der Waals surface area contributed by atoms with Crippen LogP contribution in [0.25, 0.3) is 0 Å². The molecule has 6 nitrogen and oxygen atoms in total. The van der Waals surface area contributed by atoms with Gasteiger partial charge >= 0.3 is 5.97 Å². The molecule has 0 radical (unpaired) electrons. The molecule has 1 aliphatic heterocycles. The predicted octanol–water partition coefficient (Wildman–Crippen LogP) is 1.67. The summed E-state index contributed by atoms with van der Waals surface area (Å²) >= 11 is 0. The molecular weight excluding hydrogens is 286 g/mol. The molecule has 2 fully saturated rings. The number of nitrogens with zero attached hydrogens (tertiary/aromatic N) is 1. The normalized spacial score (nSPS) is 24.5. The zero-order chi connectivity index (χ0) is 16.1. The number of hydrogen-bond acceptors (Lipinski definition) is 4. The second-order valence-corrected chi connectivity index (χ2v) is 6.43. The molecule has 1 N–H and O–H groups in total. The van der Waals surface area contributed by atoms with Crippen LogP contribution >= 0.6 is 0 Å². The summed E-state index contributed by atoms with van der Waals surface area (Å²) in [5.41, 5.74) is 0. The van der Waals surface area contributed by atoms with Gasteiger partial charge in [-0.25, -0.2) is 0 Å². The van der Waals surface area contributed by atoms with E-state index in [2.05, 4.69) is 0 Å². The van der Waals surface area contributed by atoms with Gasteiger partial charge in [-0.2, -0.15) is 0 Å². The third-order valence-electron chi connectivity index (χ3n) is 4.32. The third-order valence-corrected chi connectivity index (χ3v) is 4.32. The number of hydrogen-bond donors (Lipinski definition) is 1. The highest BCUT2D eigenvalue weighted by Crippen LogP contribution is 2.28. The van der Waals surface area contributed by atoms with Crippen molar-refractivity contribution < 1.29 is 24.2 Å². The van der Waals surface area contributed by atoms with Crippen LogP contribution in [0.3, 0.4) is 0 Å². The summed E-state index contributed by atoms with van der Waals surface area (Å²) in [6.45, 7) is 4.82. The Morgan fingerprint density at radius 1 is 1.27 bits per heavy atom. The summed E-state index contributed by atoms with van der Waals surface area (Å²) in [6.07, 6.45) is 4.65. The molecule has 3 atom stereocenters. The largest absolute Gasteiger partial charge is 0.481 e. The first-order valence-electron chi connectivity index (χ1n) is 8.25. The predicted molar refractivity (Wildman–Crippen MR) is 80.5 cm³/mol. The molecule has 1 aliphatic carbocycles. The molecule has 22 heavy (non-hydrogen) atoms. The van der Waals surface area contributed by atoms with Gasteiger partial charge < -0.3 is 19.5 Å². The maximum atomic E-state index is 12.5. The molecule has 0 aromatic rings. The van der Waals surface area contributed by atoms with Crippen molar-refractivity contribution in [3.63, 3.8) is 0 Å². The first kappa shape index (κ1) is 17.2. The van der Waals surface area contributed by atoms with Crippen LogP contribution in [0.4, 0.5) is 0 Å². The average molecular weight is 313 g/mol. The number of carbonyl (C=O) groups is 2. The molecule has 0 aromatic carbocycles. The Bertz CT molecular complexity index is 390. The summed E-state index contributed by atoms with van der Waals surface area (Å²) in [5, 5.41) is 9.04. The van der Waals surface area contributed by atoms with Crippen molar-refractivity contribution in [2.24, 2.45) is 5.92 Å². The second-order valence-electron chi connectivity index (χ2n) is 6.43. The fourth-order valence-corrected chi connectivity index (χ4v) is 2.67. The minimum atomic E-state index is -0.873. The van der Waals surface area contributed by atoms with Crippen molar-refractivity contribution in [3.05, 3.63) is 0 Å². The molecule has 1 saturated carbocycles. The first-order chi connectivity index (χ1) is 10.5. The van der Waals surface area contributed by atoms with E-state index in [1.54, 1.807) is 18.7 Å². The van der Waals surface area contributed by atoms with Crippen LogP contribution in [0.15, 0.2) is 0 Å². The highest BCUT2D eigenvalue weighted by molar-refractivity contribution is 5.82. The quantitative estimate of drug-likeness (QED) is 0.738. The van der Waals surface area contributed by atoms with Crippen molar-refractivity contribution in [2.75, 3.05) is 19.8 Å². The molecule has 6 heteroatoms. The van der Waals surface area contributed by atoms with Crippen molar-refractivity contribution >= 4 is 11.9 Å². The molecule has 2 aliphatic rings. The molecule has 1 heterocycles. The van der Waals surface area contributed by atoms with E-state index >= 15 is 0 Å². The molecule has 0 aromatic heterocycles. The zero-order valence-corrected chi connectivity index (χ0v) is 13.5. The lowest BCUT2D eigenvalue weighted by atomic mass is 10.1. The minimum absolute atomic E-state index is 0.0799. The van der Waals surface area contributed by atoms with Crippen LogP contribution in [0.1, 0.15) is 46.0 Å². The number of rotatable bonds is 8. The zero-order valence-electron chi connectivity index (χ0n) is 13.5. The molecule has 2 rings (SSSR count). The van der Waals surface area contributed by atoms with Crippen molar-refractivity contribution in [1.82, 2.24) is 4.90 Å². The van der Waals surface area contributed by atoms with Gasteiger partial charge in [0.2, 0.25) is 0 Å². The lowest BCUT2D eigenvalue weighted by molar-refractivity contribution is -0.149. The molecule has 1 saturated heterocycles. The van der Waals surface area contributed by atoms with Gasteiger partial charge in [-0.15, -0.1) is 0 Å². The fraction of sp³-hybridized carbons (Fsp3) is 0.875. The van der Waals surface area contributed by atoms with Gasteiger partial charge in [0, 0.05) is 19.2 Å². The second kappa shape index (κ2) is 7.92. The van der Waals surface area contributed by atoms with Crippen LogP contribution in [0.2, 0.25) is 0 Å². The van der Waals surface area contributed by atoms with Gasteiger partial charge in [-0.05, 0) is 39.0 Å². The van der Waals surface area contributed by atoms with Crippen LogP contribution < -0.4 is 0 Å². The molecule has 0 bridgehead atoms. The van der Waals surface area contributed by atoms with E-state index in [9.17, 15) is 9.59 Å². The summed E-state index contributed by atoms with van der Waals surface area (Å²) in [4.78, 5) is 25.2. The summed E-state index contributed by atoms with van der Waals surface area (Å²) in [7, 11) is 0. The monoisotopic (exact) mass is 313 g/mol. The summed E-state index contributed by atoms with van der Waals surface area (Å²) in [5.74, 6) is -1.53. The van der Waals surface area contributed by atoms with E-state index in [-0.39, 0.29) is 24.6 Å². The van der Waals surface area contributed by atoms with Crippen LogP contribution in [-0.2, 0) is 19.1 Å². The van der Waals surface area contributed by atoms with Crippen LogP contribution in [0, 0.1) is 5.92 Å².